The van der Waals surface area contributed by atoms with Crippen LogP contribution in [0.15, 0.2) is 24.4 Å². The molecule has 20 heavy (non-hydrogen) atoms. The molecule has 106 valence electrons. The van der Waals surface area contributed by atoms with E-state index < -0.39 is 15.1 Å². The third-order valence-corrected chi connectivity index (χ3v) is 5.84. The average molecular weight is 292 g/mol. The summed E-state index contributed by atoms with van der Waals surface area (Å²) < 4.78 is 24.5. The number of nitrogens with one attached hydrogen (secondary N) is 1. The Bertz CT molecular complexity index is 709. The predicted molar refractivity (Wildman–Crippen MR) is 76.6 cm³/mol. The number of hydrogen-bond acceptors (Lipinski definition) is 5. The van der Waals surface area contributed by atoms with E-state index in [9.17, 15) is 8.42 Å². The van der Waals surface area contributed by atoms with Gasteiger partial charge in [0, 0.05) is 6.20 Å². The standard InChI is InChI=1S/C13H16N4O2S/c14-13-11(9-5-1-3-7-15-9)12(16-17-13)10-6-2-4-8-20(10,18)19/h1,3,5,7,10H,2,4,6,8H2,(H3,14,16,17). The molecular weight excluding hydrogens is 276 g/mol. The summed E-state index contributed by atoms with van der Waals surface area (Å²) in [6, 6.07) is 5.45. The molecule has 3 rings (SSSR count). The Balaban J connectivity index is 2.12. The van der Waals surface area contributed by atoms with Crippen molar-refractivity contribution in [2.24, 2.45) is 0 Å². The molecule has 1 unspecified atom stereocenters. The zero-order valence-corrected chi connectivity index (χ0v) is 11.7. The summed E-state index contributed by atoms with van der Waals surface area (Å²) in [5, 5.41) is 6.23. The van der Waals surface area contributed by atoms with Crippen molar-refractivity contribution in [2.45, 2.75) is 24.5 Å². The summed E-state index contributed by atoms with van der Waals surface area (Å²) in [5.74, 6) is 0.512. The van der Waals surface area contributed by atoms with Crippen LogP contribution >= 0.6 is 0 Å². The number of sulfone groups is 1. The Hall–Kier alpha value is -1.89. The molecular formula is C13H16N4O2S. The van der Waals surface area contributed by atoms with Gasteiger partial charge in [0.25, 0.3) is 0 Å². The van der Waals surface area contributed by atoms with Crippen molar-refractivity contribution in [1.82, 2.24) is 15.2 Å². The van der Waals surface area contributed by atoms with Gasteiger partial charge in [0.2, 0.25) is 0 Å². The highest BCUT2D eigenvalue weighted by molar-refractivity contribution is 7.91. The predicted octanol–water partition coefficient (Wildman–Crippen LogP) is 1.69. The first-order valence-corrected chi connectivity index (χ1v) is 8.28. The topological polar surface area (TPSA) is 102 Å². The van der Waals surface area contributed by atoms with Crippen molar-refractivity contribution in [3.05, 3.63) is 30.1 Å². The lowest BCUT2D eigenvalue weighted by Gasteiger charge is -2.22. The number of H-pyrrole nitrogens is 1. The molecule has 0 aromatic carbocycles. The fourth-order valence-corrected chi connectivity index (χ4v) is 4.61. The van der Waals surface area contributed by atoms with Crippen molar-refractivity contribution in [1.29, 1.82) is 0 Å². The molecule has 2 aromatic rings. The number of nitrogen functional groups attached to an aromatic ring is 1. The van der Waals surface area contributed by atoms with Crippen LogP contribution in [-0.2, 0) is 9.84 Å². The van der Waals surface area contributed by atoms with Gasteiger partial charge in [-0.3, -0.25) is 10.1 Å². The van der Waals surface area contributed by atoms with E-state index in [4.69, 9.17) is 5.73 Å². The Morgan fingerprint density at radius 1 is 1.30 bits per heavy atom. The van der Waals surface area contributed by atoms with Gasteiger partial charge in [-0.15, -0.1) is 0 Å². The van der Waals surface area contributed by atoms with Crippen molar-refractivity contribution in [2.75, 3.05) is 11.5 Å². The van der Waals surface area contributed by atoms with Gasteiger partial charge in [-0.1, -0.05) is 12.5 Å². The molecule has 0 spiro atoms. The number of rotatable bonds is 2. The minimum atomic E-state index is -3.15. The van der Waals surface area contributed by atoms with Gasteiger partial charge in [0.15, 0.2) is 15.7 Å². The molecule has 1 atom stereocenters. The lowest BCUT2D eigenvalue weighted by atomic mass is 10.0. The van der Waals surface area contributed by atoms with Crippen LogP contribution in [0.25, 0.3) is 11.3 Å². The SMILES string of the molecule is Nc1n[nH]c(C2CCCCS2(=O)=O)c1-c1ccccn1. The molecule has 6 nitrogen and oxygen atoms in total. The lowest BCUT2D eigenvalue weighted by Crippen LogP contribution is -2.22. The maximum atomic E-state index is 12.3. The molecule has 7 heteroatoms. The number of nitrogens with two attached hydrogens (primary N) is 1. The van der Waals surface area contributed by atoms with Crippen molar-refractivity contribution in [3.8, 4) is 11.3 Å². The van der Waals surface area contributed by atoms with E-state index >= 15 is 0 Å². The zero-order valence-electron chi connectivity index (χ0n) is 10.9. The Morgan fingerprint density at radius 2 is 2.15 bits per heavy atom. The molecule has 0 amide bonds. The highest BCUT2D eigenvalue weighted by atomic mass is 32.2. The first kappa shape index (κ1) is 13.1. The molecule has 2 aromatic heterocycles. The molecule has 1 fully saturated rings. The number of anilines is 1. The summed E-state index contributed by atoms with van der Waals surface area (Å²) in [7, 11) is -3.15. The van der Waals surface area contributed by atoms with Crippen LogP contribution in [0.5, 0.6) is 0 Å². The van der Waals surface area contributed by atoms with Gasteiger partial charge in [0.1, 0.15) is 5.25 Å². The summed E-state index contributed by atoms with van der Waals surface area (Å²) >= 11 is 0. The Kier molecular flexibility index (Phi) is 3.21. The molecule has 0 saturated carbocycles. The van der Waals surface area contributed by atoms with E-state index in [1.54, 1.807) is 18.3 Å². The first-order valence-electron chi connectivity index (χ1n) is 6.56. The Morgan fingerprint density at radius 3 is 2.85 bits per heavy atom. The highest BCUT2D eigenvalue weighted by Crippen LogP contribution is 2.39. The van der Waals surface area contributed by atoms with Gasteiger partial charge in [-0.05, 0) is 25.0 Å². The van der Waals surface area contributed by atoms with Crippen LogP contribution in [0.1, 0.15) is 30.2 Å². The van der Waals surface area contributed by atoms with E-state index in [2.05, 4.69) is 15.2 Å². The molecule has 1 saturated heterocycles. The van der Waals surface area contributed by atoms with Crippen LogP contribution in [0.3, 0.4) is 0 Å². The summed E-state index contributed by atoms with van der Waals surface area (Å²) in [5.41, 5.74) is 7.72. The molecule has 0 bridgehead atoms. The average Bonchev–Trinajstić information content (AvgIpc) is 2.81. The molecule has 0 radical (unpaired) electrons. The number of aromatic amines is 1. The highest BCUT2D eigenvalue weighted by Gasteiger charge is 2.34. The van der Waals surface area contributed by atoms with Gasteiger partial charge >= 0.3 is 0 Å². The van der Waals surface area contributed by atoms with Gasteiger partial charge in [-0.25, -0.2) is 8.42 Å². The second kappa shape index (κ2) is 4.90. The van der Waals surface area contributed by atoms with Crippen molar-refractivity contribution >= 4 is 15.7 Å². The maximum Gasteiger partial charge on any atom is 0.158 e. The molecule has 0 aliphatic carbocycles. The van der Waals surface area contributed by atoms with Crippen LogP contribution < -0.4 is 5.73 Å². The number of aromatic nitrogens is 3. The minimum Gasteiger partial charge on any atom is -0.382 e. The third kappa shape index (κ3) is 2.18. The Labute approximate surface area is 117 Å². The molecule has 3 heterocycles. The summed E-state index contributed by atoms with van der Waals surface area (Å²) in [6.45, 7) is 0. The lowest BCUT2D eigenvalue weighted by molar-refractivity contribution is 0.542. The monoisotopic (exact) mass is 292 g/mol. The normalized spacial score (nSPS) is 21.7. The van der Waals surface area contributed by atoms with E-state index in [0.29, 0.717) is 29.2 Å². The van der Waals surface area contributed by atoms with E-state index in [-0.39, 0.29) is 5.75 Å². The second-order valence-electron chi connectivity index (χ2n) is 4.96. The van der Waals surface area contributed by atoms with Crippen LogP contribution in [0.4, 0.5) is 5.82 Å². The number of nitrogens with zero attached hydrogens (tertiary/aromatic N) is 2. The van der Waals surface area contributed by atoms with Crippen molar-refractivity contribution < 1.29 is 8.42 Å². The minimum absolute atomic E-state index is 0.220. The van der Waals surface area contributed by atoms with Gasteiger partial charge in [0.05, 0.1) is 22.7 Å². The summed E-state index contributed by atoms with van der Waals surface area (Å²) in [6.07, 6.45) is 3.87. The maximum absolute atomic E-state index is 12.3. The molecule has 3 N–H and O–H groups in total. The fourth-order valence-electron chi connectivity index (χ4n) is 2.66. The quantitative estimate of drug-likeness (QED) is 0.877. The number of hydrogen-bond donors (Lipinski definition) is 2. The molecule has 1 aliphatic rings. The van der Waals surface area contributed by atoms with Gasteiger partial charge in [-0.2, -0.15) is 5.10 Å². The van der Waals surface area contributed by atoms with Crippen LogP contribution in [0, 0.1) is 0 Å². The van der Waals surface area contributed by atoms with Crippen LogP contribution in [0.2, 0.25) is 0 Å². The molecule has 1 aliphatic heterocycles. The van der Waals surface area contributed by atoms with E-state index in [1.165, 1.54) is 0 Å². The van der Waals surface area contributed by atoms with Crippen LogP contribution in [-0.4, -0.2) is 29.4 Å². The summed E-state index contributed by atoms with van der Waals surface area (Å²) in [4.78, 5) is 4.25. The second-order valence-corrected chi connectivity index (χ2v) is 7.27. The zero-order chi connectivity index (χ0) is 14.2. The first-order chi connectivity index (χ1) is 9.59. The van der Waals surface area contributed by atoms with E-state index in [0.717, 1.165) is 12.8 Å². The number of pyridine rings is 1. The largest absolute Gasteiger partial charge is 0.382 e. The van der Waals surface area contributed by atoms with E-state index in [1.807, 2.05) is 6.07 Å². The van der Waals surface area contributed by atoms with Gasteiger partial charge < -0.3 is 5.73 Å². The third-order valence-electron chi connectivity index (χ3n) is 3.64. The smallest absolute Gasteiger partial charge is 0.158 e. The van der Waals surface area contributed by atoms with Crippen molar-refractivity contribution in [3.63, 3.8) is 0 Å². The fraction of sp³-hybridized carbons (Fsp3) is 0.385.